The van der Waals surface area contributed by atoms with E-state index >= 15 is 0 Å². The Kier molecular flexibility index (Phi) is 3.98. The molecule has 1 aliphatic rings. The van der Waals surface area contributed by atoms with Gasteiger partial charge in [-0.1, -0.05) is 52.9 Å². The fourth-order valence-corrected chi connectivity index (χ4v) is 3.26. The van der Waals surface area contributed by atoms with Gasteiger partial charge in [0.25, 0.3) is 0 Å². The number of rotatable bonds is 4. The van der Waals surface area contributed by atoms with E-state index in [4.69, 9.17) is 4.74 Å². The first-order chi connectivity index (χ1) is 8.16. The first-order valence-electron chi connectivity index (χ1n) is 5.57. The van der Waals surface area contributed by atoms with Crippen LogP contribution in [0.3, 0.4) is 0 Å². The lowest BCUT2D eigenvalue weighted by molar-refractivity contribution is -0.491. The largest absolute Gasteiger partial charge is 0.359 e. The molecule has 0 spiro atoms. The Morgan fingerprint density at radius 3 is 2.76 bits per heavy atom. The fraction of sp³-hybridized carbons (Fsp3) is 0.500. The number of hydrogen-bond donors (Lipinski definition) is 0. The molecule has 1 fully saturated rings. The van der Waals surface area contributed by atoms with Crippen LogP contribution in [0.4, 0.5) is 0 Å². The van der Waals surface area contributed by atoms with Crippen molar-refractivity contribution in [1.29, 1.82) is 0 Å². The highest BCUT2D eigenvalue weighted by molar-refractivity contribution is 14.1. The fourth-order valence-electron chi connectivity index (χ4n) is 2.26. The molecule has 17 heavy (non-hydrogen) atoms. The average Bonchev–Trinajstić information content (AvgIpc) is 2.74. The third-order valence-electron chi connectivity index (χ3n) is 3.13. The summed E-state index contributed by atoms with van der Waals surface area (Å²) in [7, 11) is 0. The Labute approximate surface area is 114 Å². The zero-order valence-electron chi connectivity index (χ0n) is 9.34. The van der Waals surface area contributed by atoms with Crippen LogP contribution in [0.25, 0.3) is 0 Å². The number of alkyl halides is 1. The van der Waals surface area contributed by atoms with Crippen LogP contribution in [-0.4, -0.2) is 22.0 Å². The molecule has 0 N–H and O–H groups in total. The molecule has 4 nitrogen and oxygen atoms in total. The lowest BCUT2D eigenvalue weighted by Gasteiger charge is -2.27. The number of hydrogen-bond acceptors (Lipinski definition) is 3. The van der Waals surface area contributed by atoms with Gasteiger partial charge in [0.15, 0.2) is 0 Å². The van der Waals surface area contributed by atoms with E-state index in [0.717, 1.165) is 22.8 Å². The molecule has 2 rings (SSSR count). The van der Waals surface area contributed by atoms with E-state index in [1.54, 1.807) is 0 Å². The normalized spacial score (nSPS) is 28.2. The van der Waals surface area contributed by atoms with Gasteiger partial charge in [-0.3, -0.25) is 10.1 Å². The molecule has 1 heterocycles. The zero-order chi connectivity index (χ0) is 12.3. The molecule has 1 aromatic carbocycles. The number of ether oxygens (including phenoxy) is 1. The standard InChI is InChI=1S/C12H14INO3/c13-9-12(10-4-2-1-3-5-10)7-6-11(17-12)8-14(15)16/h1-5,11H,6-9H2. The molecule has 0 amide bonds. The van der Waals surface area contributed by atoms with Crippen molar-refractivity contribution >= 4 is 22.6 Å². The van der Waals surface area contributed by atoms with Crippen molar-refractivity contribution in [2.75, 3.05) is 11.0 Å². The van der Waals surface area contributed by atoms with Crippen LogP contribution in [0.15, 0.2) is 30.3 Å². The lowest BCUT2D eigenvalue weighted by Crippen LogP contribution is -2.30. The van der Waals surface area contributed by atoms with Gasteiger partial charge in [-0.05, 0) is 18.4 Å². The van der Waals surface area contributed by atoms with Crippen LogP contribution in [-0.2, 0) is 10.3 Å². The van der Waals surface area contributed by atoms with Crippen molar-refractivity contribution in [2.45, 2.75) is 24.5 Å². The van der Waals surface area contributed by atoms with Crippen LogP contribution in [0.5, 0.6) is 0 Å². The van der Waals surface area contributed by atoms with Crippen molar-refractivity contribution in [3.05, 3.63) is 46.0 Å². The van der Waals surface area contributed by atoms with Gasteiger partial charge in [0.05, 0.1) is 0 Å². The van der Waals surface area contributed by atoms with E-state index in [1.165, 1.54) is 0 Å². The second kappa shape index (κ2) is 5.30. The zero-order valence-corrected chi connectivity index (χ0v) is 11.5. The molecular weight excluding hydrogens is 333 g/mol. The lowest BCUT2D eigenvalue weighted by atomic mass is 9.93. The van der Waals surface area contributed by atoms with Crippen molar-refractivity contribution in [2.24, 2.45) is 0 Å². The molecule has 0 radical (unpaired) electrons. The van der Waals surface area contributed by atoms with Crippen molar-refractivity contribution in [3.8, 4) is 0 Å². The predicted molar refractivity (Wildman–Crippen MR) is 73.0 cm³/mol. The third-order valence-corrected chi connectivity index (χ3v) is 4.36. The number of nitrogens with zero attached hydrogens (tertiary/aromatic N) is 1. The maximum Gasteiger partial charge on any atom is 0.229 e. The highest BCUT2D eigenvalue weighted by atomic mass is 127. The van der Waals surface area contributed by atoms with Gasteiger partial charge < -0.3 is 4.74 Å². The molecule has 1 aliphatic heterocycles. The van der Waals surface area contributed by atoms with E-state index in [9.17, 15) is 10.1 Å². The van der Waals surface area contributed by atoms with Crippen LogP contribution in [0.2, 0.25) is 0 Å². The number of benzene rings is 1. The topological polar surface area (TPSA) is 52.4 Å². The third kappa shape index (κ3) is 2.77. The number of halogens is 1. The minimum atomic E-state index is -0.331. The molecule has 0 aromatic heterocycles. The second-order valence-electron chi connectivity index (χ2n) is 4.29. The molecule has 2 atom stereocenters. The maximum absolute atomic E-state index is 10.5. The molecule has 92 valence electrons. The molecule has 5 heteroatoms. The van der Waals surface area contributed by atoms with Crippen LogP contribution >= 0.6 is 22.6 Å². The maximum atomic E-state index is 10.5. The summed E-state index contributed by atoms with van der Waals surface area (Å²) in [6.07, 6.45) is 1.37. The van der Waals surface area contributed by atoms with E-state index in [0.29, 0.717) is 0 Å². The smallest absolute Gasteiger partial charge is 0.229 e. The minimum absolute atomic E-state index is 0.0920. The molecule has 1 saturated heterocycles. The minimum Gasteiger partial charge on any atom is -0.359 e. The summed E-state index contributed by atoms with van der Waals surface area (Å²) in [6.45, 7) is -0.0920. The monoisotopic (exact) mass is 347 g/mol. The van der Waals surface area contributed by atoms with Gasteiger partial charge in [-0.2, -0.15) is 0 Å². The summed E-state index contributed by atoms with van der Waals surface area (Å²) < 4.78 is 6.77. The summed E-state index contributed by atoms with van der Waals surface area (Å²) in [5, 5.41) is 10.5. The molecule has 2 unspecified atom stereocenters. The SMILES string of the molecule is O=[N+]([O-])CC1CCC(CI)(c2ccccc2)O1. The van der Waals surface area contributed by atoms with Gasteiger partial charge in [-0.25, -0.2) is 0 Å². The number of nitro groups is 1. The van der Waals surface area contributed by atoms with Gasteiger partial charge in [0, 0.05) is 9.35 Å². The Morgan fingerprint density at radius 1 is 1.47 bits per heavy atom. The highest BCUT2D eigenvalue weighted by Crippen LogP contribution is 2.40. The molecule has 0 saturated carbocycles. The highest BCUT2D eigenvalue weighted by Gasteiger charge is 2.42. The molecular formula is C12H14INO3. The Bertz CT molecular complexity index is 398. The van der Waals surface area contributed by atoms with E-state index < -0.39 is 0 Å². The van der Waals surface area contributed by atoms with Crippen LogP contribution in [0.1, 0.15) is 18.4 Å². The predicted octanol–water partition coefficient (Wildman–Crippen LogP) is 2.77. The van der Waals surface area contributed by atoms with Crippen molar-refractivity contribution in [3.63, 3.8) is 0 Å². The van der Waals surface area contributed by atoms with Gasteiger partial charge in [-0.15, -0.1) is 0 Å². The van der Waals surface area contributed by atoms with Crippen LogP contribution < -0.4 is 0 Å². The summed E-state index contributed by atoms with van der Waals surface area (Å²) in [6, 6.07) is 10.00. The average molecular weight is 347 g/mol. The van der Waals surface area contributed by atoms with Crippen molar-refractivity contribution in [1.82, 2.24) is 0 Å². The Balaban J connectivity index is 2.15. The van der Waals surface area contributed by atoms with E-state index in [1.807, 2.05) is 30.3 Å². The molecule has 1 aromatic rings. The van der Waals surface area contributed by atoms with E-state index in [2.05, 4.69) is 22.6 Å². The quantitative estimate of drug-likeness (QED) is 0.364. The van der Waals surface area contributed by atoms with Gasteiger partial charge in [0.1, 0.15) is 11.7 Å². The first kappa shape index (κ1) is 12.8. The summed E-state index contributed by atoms with van der Waals surface area (Å²) in [5.74, 6) is 0. The van der Waals surface area contributed by atoms with E-state index in [-0.39, 0.29) is 23.2 Å². The molecule has 0 aliphatic carbocycles. The second-order valence-corrected chi connectivity index (χ2v) is 5.05. The summed E-state index contributed by atoms with van der Waals surface area (Å²) >= 11 is 2.29. The summed E-state index contributed by atoms with van der Waals surface area (Å²) in [5.41, 5.74) is 0.794. The van der Waals surface area contributed by atoms with Gasteiger partial charge >= 0.3 is 0 Å². The first-order valence-corrected chi connectivity index (χ1v) is 7.10. The van der Waals surface area contributed by atoms with Gasteiger partial charge in [0.2, 0.25) is 6.54 Å². The molecule has 0 bridgehead atoms. The van der Waals surface area contributed by atoms with Crippen LogP contribution in [0, 0.1) is 10.1 Å². The Hall–Kier alpha value is -0.690. The Morgan fingerprint density at radius 2 is 2.18 bits per heavy atom. The summed E-state index contributed by atoms with van der Waals surface area (Å²) in [4.78, 5) is 10.2. The van der Waals surface area contributed by atoms with Crippen molar-refractivity contribution < 1.29 is 9.66 Å².